The molecule has 1 aromatic carbocycles. The Morgan fingerprint density at radius 2 is 1.70 bits per heavy atom. The van der Waals surface area contributed by atoms with Crippen molar-refractivity contribution in [2.75, 3.05) is 0 Å². The summed E-state index contributed by atoms with van der Waals surface area (Å²) in [6.45, 7) is 0. The van der Waals surface area contributed by atoms with Gasteiger partial charge >= 0.3 is 18.0 Å². The molecule has 0 aliphatic heterocycles. The maximum Gasteiger partial charge on any atom is 0.417 e. The third-order valence-corrected chi connectivity index (χ3v) is 4.21. The predicted molar refractivity (Wildman–Crippen MR) is 71.1 cm³/mol. The van der Waals surface area contributed by atoms with Crippen LogP contribution in [0.25, 0.3) is 0 Å². The largest absolute Gasteiger partial charge is 0.417 e. The van der Waals surface area contributed by atoms with Crippen molar-refractivity contribution in [2.45, 2.75) is 30.0 Å². The molecule has 23 heavy (non-hydrogen) atoms. The molecular formula is C12H12F3N3O4S. The average Bonchev–Trinajstić information content (AvgIpc) is 3.28. The maximum atomic E-state index is 12.8. The van der Waals surface area contributed by atoms with E-state index < -0.39 is 38.5 Å². The first-order valence-electron chi connectivity index (χ1n) is 6.40. The van der Waals surface area contributed by atoms with E-state index in [0.717, 1.165) is 18.2 Å². The Morgan fingerprint density at radius 3 is 2.26 bits per heavy atom. The molecule has 2 amide bonds. The standard InChI is InChI=1S/C12H12F3N3O4S/c13-12(14,15)8-3-1-2-4-9(8)23(21,22)18-17-11(20)10(19)16-7-5-6-7/h1-4,7,18H,5-6H2,(H,16,19)(H,17,20). The zero-order chi connectivity index (χ0) is 17.3. The molecule has 0 bridgehead atoms. The Labute approximate surface area is 129 Å². The molecular weight excluding hydrogens is 339 g/mol. The molecule has 1 aromatic rings. The summed E-state index contributed by atoms with van der Waals surface area (Å²) >= 11 is 0. The quantitative estimate of drug-likeness (QED) is 0.536. The number of benzene rings is 1. The molecule has 0 saturated heterocycles. The highest BCUT2D eigenvalue weighted by molar-refractivity contribution is 7.89. The number of hydrogen-bond donors (Lipinski definition) is 3. The fraction of sp³-hybridized carbons (Fsp3) is 0.333. The molecule has 1 aliphatic rings. The van der Waals surface area contributed by atoms with Crippen molar-refractivity contribution >= 4 is 21.8 Å². The van der Waals surface area contributed by atoms with Gasteiger partial charge in [-0.05, 0) is 25.0 Å². The summed E-state index contributed by atoms with van der Waals surface area (Å²) in [6, 6.07) is 3.34. The number of hydrazine groups is 1. The number of hydrogen-bond acceptors (Lipinski definition) is 4. The number of sulfonamides is 1. The van der Waals surface area contributed by atoms with Crippen LogP contribution in [0.5, 0.6) is 0 Å². The Bertz CT molecular complexity index is 729. The molecule has 7 nitrogen and oxygen atoms in total. The van der Waals surface area contributed by atoms with E-state index in [-0.39, 0.29) is 6.04 Å². The summed E-state index contributed by atoms with van der Waals surface area (Å²) in [5.74, 6) is -2.38. The van der Waals surface area contributed by atoms with E-state index in [9.17, 15) is 31.2 Å². The molecule has 1 fully saturated rings. The third kappa shape index (κ3) is 4.42. The number of carbonyl (C=O) groups is 2. The summed E-state index contributed by atoms with van der Waals surface area (Å²) in [5, 5.41) is 2.30. The van der Waals surface area contributed by atoms with Gasteiger partial charge in [0.1, 0.15) is 0 Å². The summed E-state index contributed by atoms with van der Waals surface area (Å²) in [5.41, 5.74) is 0.192. The second kappa shape index (κ2) is 6.16. The van der Waals surface area contributed by atoms with E-state index in [1.54, 1.807) is 5.43 Å². The van der Waals surface area contributed by atoms with Gasteiger partial charge in [0.15, 0.2) is 0 Å². The predicted octanol–water partition coefficient (Wildman–Crippen LogP) is 0.294. The molecule has 0 heterocycles. The van der Waals surface area contributed by atoms with Crippen molar-refractivity contribution in [1.82, 2.24) is 15.6 Å². The normalized spacial score (nSPS) is 15.1. The minimum atomic E-state index is -4.89. The average molecular weight is 351 g/mol. The fourth-order valence-electron chi connectivity index (χ4n) is 1.64. The van der Waals surface area contributed by atoms with Gasteiger partial charge < -0.3 is 5.32 Å². The molecule has 0 unspecified atom stereocenters. The monoisotopic (exact) mass is 351 g/mol. The van der Waals surface area contributed by atoms with Gasteiger partial charge in [0.2, 0.25) is 0 Å². The lowest BCUT2D eigenvalue weighted by Gasteiger charge is -2.14. The van der Waals surface area contributed by atoms with Gasteiger partial charge in [-0.1, -0.05) is 12.1 Å². The highest BCUT2D eigenvalue weighted by Gasteiger charge is 2.37. The lowest BCUT2D eigenvalue weighted by atomic mass is 10.2. The first-order chi connectivity index (χ1) is 10.6. The first-order valence-corrected chi connectivity index (χ1v) is 7.88. The fourth-order valence-corrected chi connectivity index (χ4v) is 2.71. The minimum absolute atomic E-state index is 0.129. The number of rotatable bonds is 4. The first kappa shape index (κ1) is 17.2. The lowest BCUT2D eigenvalue weighted by Crippen LogP contribution is -2.49. The Morgan fingerprint density at radius 1 is 1.09 bits per heavy atom. The molecule has 1 aliphatic carbocycles. The van der Waals surface area contributed by atoms with E-state index in [0.29, 0.717) is 18.9 Å². The Balaban J connectivity index is 2.10. The molecule has 126 valence electrons. The van der Waals surface area contributed by atoms with Gasteiger partial charge in [-0.3, -0.25) is 15.0 Å². The number of halogens is 3. The van der Waals surface area contributed by atoms with E-state index in [2.05, 4.69) is 5.32 Å². The van der Waals surface area contributed by atoms with Crippen molar-refractivity contribution in [3.8, 4) is 0 Å². The van der Waals surface area contributed by atoms with E-state index >= 15 is 0 Å². The van der Waals surface area contributed by atoms with Crippen LogP contribution < -0.4 is 15.6 Å². The molecule has 0 spiro atoms. The molecule has 0 atom stereocenters. The Kier molecular flexibility index (Phi) is 4.61. The van der Waals surface area contributed by atoms with Crippen molar-refractivity contribution < 1.29 is 31.2 Å². The highest BCUT2D eigenvalue weighted by atomic mass is 32.2. The second-order valence-electron chi connectivity index (χ2n) is 4.80. The molecule has 0 aromatic heterocycles. The summed E-state index contributed by atoms with van der Waals surface area (Å²) in [7, 11) is -4.70. The van der Waals surface area contributed by atoms with E-state index in [1.807, 2.05) is 0 Å². The molecule has 2 rings (SSSR count). The zero-order valence-electron chi connectivity index (χ0n) is 11.5. The van der Waals surface area contributed by atoms with Crippen molar-refractivity contribution in [3.05, 3.63) is 29.8 Å². The molecule has 1 saturated carbocycles. The zero-order valence-corrected chi connectivity index (χ0v) is 12.3. The van der Waals surface area contributed by atoms with Crippen LogP contribution in [0.3, 0.4) is 0 Å². The topological polar surface area (TPSA) is 104 Å². The third-order valence-electron chi connectivity index (χ3n) is 2.90. The van der Waals surface area contributed by atoms with Crippen LogP contribution in [-0.2, 0) is 25.8 Å². The lowest BCUT2D eigenvalue weighted by molar-refractivity contribution is -0.140. The second-order valence-corrected chi connectivity index (χ2v) is 6.45. The van der Waals surface area contributed by atoms with Crippen LogP contribution in [0.4, 0.5) is 13.2 Å². The number of alkyl halides is 3. The molecule has 3 N–H and O–H groups in total. The van der Waals surface area contributed by atoms with Crippen LogP contribution >= 0.6 is 0 Å². The van der Waals surface area contributed by atoms with Crippen LogP contribution in [0.1, 0.15) is 18.4 Å². The van der Waals surface area contributed by atoms with Crippen LogP contribution in [0.2, 0.25) is 0 Å². The maximum absolute atomic E-state index is 12.8. The van der Waals surface area contributed by atoms with Gasteiger partial charge in [-0.15, -0.1) is 4.83 Å². The summed E-state index contributed by atoms with van der Waals surface area (Å²) < 4.78 is 62.2. The smallest absolute Gasteiger partial charge is 0.345 e. The van der Waals surface area contributed by atoms with Gasteiger partial charge in [-0.25, -0.2) is 8.42 Å². The van der Waals surface area contributed by atoms with Crippen molar-refractivity contribution in [2.24, 2.45) is 0 Å². The van der Waals surface area contributed by atoms with E-state index in [4.69, 9.17) is 0 Å². The SMILES string of the molecule is O=C(NNS(=O)(=O)c1ccccc1C(F)(F)F)C(=O)NC1CC1. The summed E-state index contributed by atoms with van der Waals surface area (Å²) in [4.78, 5) is 23.1. The number of nitrogens with one attached hydrogen (secondary N) is 3. The number of amides is 2. The number of carbonyl (C=O) groups excluding carboxylic acids is 2. The molecule has 11 heteroatoms. The van der Waals surface area contributed by atoms with Crippen LogP contribution in [-0.4, -0.2) is 26.3 Å². The van der Waals surface area contributed by atoms with E-state index in [1.165, 1.54) is 4.83 Å². The van der Waals surface area contributed by atoms with Gasteiger partial charge in [-0.2, -0.15) is 13.2 Å². The summed E-state index contributed by atoms with van der Waals surface area (Å²) in [6.07, 6.45) is -3.47. The highest BCUT2D eigenvalue weighted by Crippen LogP contribution is 2.33. The van der Waals surface area contributed by atoms with Gasteiger partial charge in [0.25, 0.3) is 10.0 Å². The van der Waals surface area contributed by atoms with Crippen LogP contribution in [0.15, 0.2) is 29.2 Å². The van der Waals surface area contributed by atoms with Crippen LogP contribution in [0, 0.1) is 0 Å². The molecule has 0 radical (unpaired) electrons. The van der Waals surface area contributed by atoms with Crippen molar-refractivity contribution in [1.29, 1.82) is 0 Å². The Hall–Kier alpha value is -2.14. The van der Waals surface area contributed by atoms with Gasteiger partial charge in [0, 0.05) is 6.04 Å². The van der Waals surface area contributed by atoms with Gasteiger partial charge in [0.05, 0.1) is 10.5 Å². The van der Waals surface area contributed by atoms with Crippen molar-refractivity contribution in [3.63, 3.8) is 0 Å². The minimum Gasteiger partial charge on any atom is -0.345 e.